The summed E-state index contributed by atoms with van der Waals surface area (Å²) in [4.78, 5) is 10.9. The van der Waals surface area contributed by atoms with Crippen LogP contribution in [0.4, 0.5) is 10.5 Å². The van der Waals surface area contributed by atoms with Gasteiger partial charge in [-0.2, -0.15) is 10.5 Å². The number of amides is 1. The molecule has 0 heterocycles. The highest BCUT2D eigenvalue weighted by atomic mass is 16.5. The number of hydrogen-bond donors (Lipinski definition) is 1. The minimum absolute atomic E-state index is 0.214. The van der Waals surface area contributed by atoms with Crippen LogP contribution in [-0.2, 0) is 4.74 Å². The summed E-state index contributed by atoms with van der Waals surface area (Å²) in [5, 5.41) is 19.8. The molecular formula is C10H7N3O2. The summed E-state index contributed by atoms with van der Waals surface area (Å²) in [5.41, 5.74) is 0.900. The number of nitrogens with one attached hydrogen (secondary N) is 1. The molecule has 0 fully saturated rings. The largest absolute Gasteiger partial charge is 0.453 e. The third-order valence-electron chi connectivity index (χ3n) is 1.69. The van der Waals surface area contributed by atoms with Gasteiger partial charge in [-0.3, -0.25) is 5.32 Å². The van der Waals surface area contributed by atoms with Crippen LogP contribution in [0.2, 0.25) is 0 Å². The summed E-state index contributed by atoms with van der Waals surface area (Å²) in [5.74, 6) is 0. The SMILES string of the molecule is COC(=O)Nc1ccc(C#N)c(C#N)c1. The predicted molar refractivity (Wildman–Crippen MR) is 51.9 cm³/mol. The molecule has 15 heavy (non-hydrogen) atoms. The molecule has 1 N–H and O–H groups in total. The smallest absolute Gasteiger partial charge is 0.411 e. The van der Waals surface area contributed by atoms with Crippen molar-refractivity contribution < 1.29 is 9.53 Å². The van der Waals surface area contributed by atoms with Gasteiger partial charge in [0.05, 0.1) is 18.2 Å². The molecule has 0 aliphatic rings. The standard InChI is InChI=1S/C10H7N3O2/c1-15-10(14)13-9-3-2-7(5-11)8(4-9)6-12/h2-4H,1H3,(H,13,14). The molecule has 1 amide bonds. The fraction of sp³-hybridized carbons (Fsp3) is 0.100. The van der Waals surface area contributed by atoms with E-state index in [0.29, 0.717) is 5.69 Å². The maximum absolute atomic E-state index is 10.9. The van der Waals surface area contributed by atoms with E-state index in [4.69, 9.17) is 10.5 Å². The molecule has 0 atom stereocenters. The number of anilines is 1. The molecule has 0 aromatic heterocycles. The van der Waals surface area contributed by atoms with Gasteiger partial charge >= 0.3 is 6.09 Å². The second-order valence-corrected chi connectivity index (χ2v) is 2.60. The van der Waals surface area contributed by atoms with Crippen molar-refractivity contribution in [1.82, 2.24) is 0 Å². The van der Waals surface area contributed by atoms with Crippen LogP contribution in [0.1, 0.15) is 11.1 Å². The molecule has 0 spiro atoms. The van der Waals surface area contributed by atoms with E-state index < -0.39 is 6.09 Å². The summed E-state index contributed by atoms with van der Waals surface area (Å²) < 4.78 is 4.39. The topological polar surface area (TPSA) is 85.9 Å². The van der Waals surface area contributed by atoms with Crippen molar-refractivity contribution in [3.8, 4) is 12.1 Å². The van der Waals surface area contributed by atoms with Crippen LogP contribution in [0.25, 0.3) is 0 Å². The number of benzene rings is 1. The quantitative estimate of drug-likeness (QED) is 0.747. The molecule has 1 rings (SSSR count). The lowest BCUT2D eigenvalue weighted by Crippen LogP contribution is -2.11. The molecule has 0 saturated heterocycles. The lowest BCUT2D eigenvalue weighted by molar-refractivity contribution is 0.187. The summed E-state index contributed by atoms with van der Waals surface area (Å²) in [6.45, 7) is 0. The highest BCUT2D eigenvalue weighted by Gasteiger charge is 2.05. The Kier molecular flexibility index (Phi) is 3.26. The number of methoxy groups -OCH3 is 1. The third kappa shape index (κ3) is 2.45. The molecule has 1 aromatic carbocycles. The normalized spacial score (nSPS) is 8.47. The zero-order chi connectivity index (χ0) is 11.3. The molecule has 74 valence electrons. The molecule has 0 saturated carbocycles. The Morgan fingerprint density at radius 1 is 1.33 bits per heavy atom. The highest BCUT2D eigenvalue weighted by molar-refractivity contribution is 5.84. The molecule has 1 aromatic rings. The molecule has 0 unspecified atom stereocenters. The van der Waals surface area contributed by atoms with Crippen LogP contribution in [0.5, 0.6) is 0 Å². The van der Waals surface area contributed by atoms with Gasteiger partial charge in [0.2, 0.25) is 0 Å². The second-order valence-electron chi connectivity index (χ2n) is 2.60. The number of carbonyl (C=O) groups excluding carboxylic acids is 1. The van der Waals surface area contributed by atoms with Crippen LogP contribution in [0.15, 0.2) is 18.2 Å². The molecular weight excluding hydrogens is 194 g/mol. The molecule has 5 nitrogen and oxygen atoms in total. The molecule has 0 aliphatic carbocycles. The van der Waals surface area contributed by atoms with Crippen molar-refractivity contribution >= 4 is 11.8 Å². The van der Waals surface area contributed by atoms with E-state index >= 15 is 0 Å². The lowest BCUT2D eigenvalue weighted by Gasteiger charge is -2.03. The fourth-order valence-corrected chi connectivity index (χ4v) is 0.981. The summed E-state index contributed by atoms with van der Waals surface area (Å²) >= 11 is 0. The van der Waals surface area contributed by atoms with E-state index in [1.165, 1.54) is 25.3 Å². The van der Waals surface area contributed by atoms with Gasteiger partial charge in [0.1, 0.15) is 12.1 Å². The summed E-state index contributed by atoms with van der Waals surface area (Å²) in [7, 11) is 1.24. The van der Waals surface area contributed by atoms with Gasteiger partial charge in [-0.1, -0.05) is 0 Å². The average molecular weight is 201 g/mol. The number of carbonyl (C=O) groups is 1. The molecule has 0 radical (unpaired) electrons. The van der Waals surface area contributed by atoms with E-state index in [9.17, 15) is 4.79 Å². The molecule has 5 heteroatoms. The maximum atomic E-state index is 10.9. The minimum atomic E-state index is -0.622. The van der Waals surface area contributed by atoms with E-state index in [1.807, 2.05) is 12.1 Å². The van der Waals surface area contributed by atoms with Crippen molar-refractivity contribution in [2.75, 3.05) is 12.4 Å². The van der Waals surface area contributed by atoms with Crippen molar-refractivity contribution in [3.63, 3.8) is 0 Å². The van der Waals surface area contributed by atoms with E-state index in [1.54, 1.807) is 0 Å². The maximum Gasteiger partial charge on any atom is 0.411 e. The Hall–Kier alpha value is -2.53. The van der Waals surface area contributed by atoms with Gasteiger partial charge in [0.25, 0.3) is 0 Å². The highest BCUT2D eigenvalue weighted by Crippen LogP contribution is 2.14. The summed E-state index contributed by atoms with van der Waals surface area (Å²) in [6, 6.07) is 8.14. The third-order valence-corrected chi connectivity index (χ3v) is 1.69. The van der Waals surface area contributed by atoms with Gasteiger partial charge in [-0.15, -0.1) is 0 Å². The monoisotopic (exact) mass is 201 g/mol. The first-order valence-electron chi connectivity index (χ1n) is 4.00. The predicted octanol–water partition coefficient (Wildman–Crippen LogP) is 1.61. The minimum Gasteiger partial charge on any atom is -0.453 e. The van der Waals surface area contributed by atoms with Crippen LogP contribution in [0, 0.1) is 22.7 Å². The van der Waals surface area contributed by atoms with E-state index in [-0.39, 0.29) is 11.1 Å². The number of rotatable bonds is 1. The molecule has 0 aliphatic heterocycles. The van der Waals surface area contributed by atoms with Gasteiger partial charge < -0.3 is 4.74 Å². The Balaban J connectivity index is 3.01. The van der Waals surface area contributed by atoms with Crippen LogP contribution in [0.3, 0.4) is 0 Å². The second kappa shape index (κ2) is 4.64. The number of ether oxygens (including phenoxy) is 1. The van der Waals surface area contributed by atoms with Crippen LogP contribution in [-0.4, -0.2) is 13.2 Å². The van der Waals surface area contributed by atoms with E-state index in [2.05, 4.69) is 10.1 Å². The van der Waals surface area contributed by atoms with Crippen molar-refractivity contribution in [2.24, 2.45) is 0 Å². The first-order valence-corrected chi connectivity index (χ1v) is 4.00. The Morgan fingerprint density at radius 3 is 2.53 bits per heavy atom. The zero-order valence-electron chi connectivity index (χ0n) is 7.94. The Labute approximate surface area is 86.5 Å². The van der Waals surface area contributed by atoms with Crippen molar-refractivity contribution in [1.29, 1.82) is 10.5 Å². The summed E-state index contributed by atoms with van der Waals surface area (Å²) in [6.07, 6.45) is -0.622. The number of nitrogens with zero attached hydrogens (tertiary/aromatic N) is 2. The molecule has 0 bridgehead atoms. The van der Waals surface area contributed by atoms with Crippen LogP contribution >= 0.6 is 0 Å². The fourth-order valence-electron chi connectivity index (χ4n) is 0.981. The van der Waals surface area contributed by atoms with Gasteiger partial charge in [0.15, 0.2) is 0 Å². The van der Waals surface area contributed by atoms with Crippen LogP contribution < -0.4 is 5.32 Å². The van der Waals surface area contributed by atoms with E-state index in [0.717, 1.165) is 0 Å². The van der Waals surface area contributed by atoms with Gasteiger partial charge in [-0.25, -0.2) is 4.79 Å². The lowest BCUT2D eigenvalue weighted by atomic mass is 10.1. The number of hydrogen-bond acceptors (Lipinski definition) is 4. The van der Waals surface area contributed by atoms with Gasteiger partial charge in [0, 0.05) is 5.69 Å². The first-order chi connectivity index (χ1) is 7.21. The number of nitriles is 2. The van der Waals surface area contributed by atoms with Gasteiger partial charge in [-0.05, 0) is 18.2 Å². The average Bonchev–Trinajstić information content (AvgIpc) is 2.28. The van der Waals surface area contributed by atoms with Crippen molar-refractivity contribution in [3.05, 3.63) is 29.3 Å². The van der Waals surface area contributed by atoms with Crippen molar-refractivity contribution in [2.45, 2.75) is 0 Å². The zero-order valence-corrected chi connectivity index (χ0v) is 7.94. The Bertz CT molecular complexity index is 469. The Morgan fingerprint density at radius 2 is 2.00 bits per heavy atom. The first kappa shape index (κ1) is 10.6.